The van der Waals surface area contributed by atoms with Gasteiger partial charge in [0.25, 0.3) is 0 Å². The minimum atomic E-state index is 1.02. The van der Waals surface area contributed by atoms with Gasteiger partial charge < -0.3 is 0 Å². The number of aromatic nitrogens is 5. The number of nitrogens with one attached hydrogen (secondary N) is 1. The molecule has 31 heavy (non-hydrogen) atoms. The molecule has 0 aliphatic rings. The van der Waals surface area contributed by atoms with Crippen LogP contribution < -0.4 is 0 Å². The van der Waals surface area contributed by atoms with E-state index in [1.807, 2.05) is 62.0 Å². The largest absolute Gasteiger partial charge is 0.278 e. The smallest absolute Gasteiger partial charge is 0.143 e. The van der Waals surface area contributed by atoms with Crippen molar-refractivity contribution < 1.29 is 0 Å². The lowest BCUT2D eigenvalue weighted by Gasteiger charge is -1.97. The third-order valence-corrected chi connectivity index (χ3v) is 5.53. The number of fused-ring (bicyclic) bond motifs is 3. The molecule has 0 saturated carbocycles. The third-order valence-electron chi connectivity index (χ3n) is 4.81. The summed E-state index contributed by atoms with van der Waals surface area (Å²) in [6.45, 7) is 6.21. The molecule has 6 rings (SSSR count). The summed E-state index contributed by atoms with van der Waals surface area (Å²) in [6, 6.07) is 18.5. The van der Waals surface area contributed by atoms with Crippen molar-refractivity contribution in [2.24, 2.45) is 0 Å². The van der Waals surface area contributed by atoms with Crippen molar-refractivity contribution in [2.75, 3.05) is 0 Å². The van der Waals surface area contributed by atoms with Crippen LogP contribution in [-0.2, 0) is 0 Å². The fraction of sp³-hybridized carbons (Fsp3) is 0.120. The van der Waals surface area contributed by atoms with Crippen LogP contribution in [0.3, 0.4) is 0 Å². The lowest BCUT2D eigenvalue weighted by molar-refractivity contribution is 1.12. The van der Waals surface area contributed by atoms with Gasteiger partial charge in [-0.25, -0.2) is 4.98 Å². The Hall–Kier alpha value is -3.64. The summed E-state index contributed by atoms with van der Waals surface area (Å²) in [7, 11) is 0. The van der Waals surface area contributed by atoms with E-state index in [-0.39, 0.29) is 0 Å². The SMILES string of the molecule is Cc1ccc2[nH]ncc2c1.Cc1ccnc2ccccc12.Cc1cnc2sncc2c1. The van der Waals surface area contributed by atoms with E-state index in [2.05, 4.69) is 62.7 Å². The Morgan fingerprint density at radius 2 is 1.61 bits per heavy atom. The van der Waals surface area contributed by atoms with Crippen LogP contribution in [0.4, 0.5) is 0 Å². The Bertz CT molecular complexity index is 1360. The molecule has 4 aromatic heterocycles. The highest BCUT2D eigenvalue weighted by Gasteiger charge is 1.95. The first-order valence-electron chi connectivity index (χ1n) is 9.97. The van der Waals surface area contributed by atoms with Crippen LogP contribution in [0.25, 0.3) is 32.0 Å². The summed E-state index contributed by atoms with van der Waals surface area (Å²) >= 11 is 1.43. The monoisotopic (exact) mass is 425 g/mol. The molecule has 0 radical (unpaired) electrons. The van der Waals surface area contributed by atoms with Crippen molar-refractivity contribution in [1.29, 1.82) is 0 Å². The van der Waals surface area contributed by atoms with Crippen molar-refractivity contribution in [3.63, 3.8) is 0 Å². The second-order valence-corrected chi connectivity index (χ2v) is 8.12. The van der Waals surface area contributed by atoms with Crippen molar-refractivity contribution in [2.45, 2.75) is 20.8 Å². The van der Waals surface area contributed by atoms with E-state index in [0.717, 1.165) is 21.3 Å². The topological polar surface area (TPSA) is 67.3 Å². The average Bonchev–Trinajstić information content (AvgIpc) is 3.43. The van der Waals surface area contributed by atoms with Gasteiger partial charge in [-0.3, -0.25) is 10.1 Å². The van der Waals surface area contributed by atoms with E-state index < -0.39 is 0 Å². The molecule has 1 N–H and O–H groups in total. The zero-order valence-electron chi connectivity index (χ0n) is 17.7. The lowest BCUT2D eigenvalue weighted by atomic mass is 10.1. The molecule has 0 atom stereocenters. The highest BCUT2D eigenvalue weighted by molar-refractivity contribution is 7.12. The molecule has 4 heterocycles. The van der Waals surface area contributed by atoms with Crippen molar-refractivity contribution in [1.82, 2.24) is 24.5 Å². The second kappa shape index (κ2) is 9.45. The number of aryl methyl sites for hydroxylation is 3. The number of H-pyrrole nitrogens is 1. The van der Waals surface area contributed by atoms with Gasteiger partial charge >= 0.3 is 0 Å². The van der Waals surface area contributed by atoms with Crippen molar-refractivity contribution in [3.05, 3.63) is 96.1 Å². The van der Waals surface area contributed by atoms with E-state index in [4.69, 9.17) is 0 Å². The summed E-state index contributed by atoms with van der Waals surface area (Å²) in [5.74, 6) is 0. The van der Waals surface area contributed by atoms with E-state index in [1.54, 1.807) is 0 Å². The quantitative estimate of drug-likeness (QED) is 0.305. The maximum atomic E-state index is 4.24. The van der Waals surface area contributed by atoms with Crippen molar-refractivity contribution in [3.8, 4) is 0 Å². The molecule has 6 aromatic rings. The van der Waals surface area contributed by atoms with Gasteiger partial charge in [-0.15, -0.1) is 0 Å². The molecule has 0 bridgehead atoms. The predicted octanol–water partition coefficient (Wildman–Crippen LogP) is 6.41. The van der Waals surface area contributed by atoms with E-state index in [0.29, 0.717) is 0 Å². The molecule has 0 unspecified atom stereocenters. The molecular formula is C25H23N5S. The fourth-order valence-electron chi connectivity index (χ4n) is 3.18. The van der Waals surface area contributed by atoms with Crippen LogP contribution in [0.5, 0.6) is 0 Å². The van der Waals surface area contributed by atoms with E-state index in [9.17, 15) is 0 Å². The molecule has 0 saturated heterocycles. The van der Waals surface area contributed by atoms with Crippen LogP contribution in [-0.4, -0.2) is 24.5 Å². The Morgan fingerprint density at radius 1 is 0.774 bits per heavy atom. The lowest BCUT2D eigenvalue weighted by Crippen LogP contribution is -1.79. The Labute approximate surface area is 185 Å². The summed E-state index contributed by atoms with van der Waals surface area (Å²) in [5, 5.41) is 10.4. The molecule has 0 spiro atoms. The molecule has 6 heteroatoms. The maximum absolute atomic E-state index is 4.24. The van der Waals surface area contributed by atoms with Crippen molar-refractivity contribution >= 4 is 43.6 Å². The number of benzene rings is 2. The maximum Gasteiger partial charge on any atom is 0.143 e. The minimum absolute atomic E-state index is 1.02. The number of hydrogen-bond donors (Lipinski definition) is 1. The summed E-state index contributed by atoms with van der Waals surface area (Å²) in [4.78, 5) is 9.46. The van der Waals surface area contributed by atoms with Gasteiger partial charge in [-0.2, -0.15) is 9.47 Å². The first kappa shape index (κ1) is 20.6. The van der Waals surface area contributed by atoms with Crippen LogP contribution in [0.1, 0.15) is 16.7 Å². The van der Waals surface area contributed by atoms with Gasteiger partial charge in [0.15, 0.2) is 0 Å². The molecular weight excluding hydrogens is 402 g/mol. The first-order chi connectivity index (χ1) is 15.1. The molecule has 0 amide bonds. The van der Waals surface area contributed by atoms with E-state index >= 15 is 0 Å². The fourth-order valence-corrected chi connectivity index (χ4v) is 3.77. The number of aromatic amines is 1. The molecule has 5 nitrogen and oxygen atoms in total. The van der Waals surface area contributed by atoms with Gasteiger partial charge in [0, 0.05) is 28.6 Å². The van der Waals surface area contributed by atoms with E-state index in [1.165, 1.54) is 39.0 Å². The van der Waals surface area contributed by atoms with Gasteiger partial charge in [0.2, 0.25) is 0 Å². The highest BCUT2D eigenvalue weighted by Crippen LogP contribution is 2.15. The molecule has 0 fully saturated rings. The predicted molar refractivity (Wildman–Crippen MR) is 129 cm³/mol. The minimum Gasteiger partial charge on any atom is -0.278 e. The van der Waals surface area contributed by atoms with Gasteiger partial charge in [-0.1, -0.05) is 29.8 Å². The van der Waals surface area contributed by atoms with Crippen LogP contribution in [0, 0.1) is 20.8 Å². The van der Waals surface area contributed by atoms with Gasteiger partial charge in [-0.05, 0) is 73.8 Å². The number of para-hydroxylation sites is 1. The summed E-state index contributed by atoms with van der Waals surface area (Å²) < 4.78 is 4.02. The third kappa shape index (κ3) is 5.10. The molecule has 154 valence electrons. The Kier molecular flexibility index (Phi) is 6.29. The standard InChI is InChI=1S/C10H9N.C8H8N2.C7H6N2S/c1-8-6-7-11-10-5-3-2-4-9(8)10;1-6-2-3-8-7(4-6)5-9-10-8;1-5-2-6-4-9-10-7(6)8-3-5/h2-7H,1H3;2-5H,1H3,(H,9,10);2-4H,1H3. The second-order valence-electron chi connectivity index (χ2n) is 7.34. The Balaban J connectivity index is 0.000000112. The average molecular weight is 426 g/mol. The highest BCUT2D eigenvalue weighted by atomic mass is 32.1. The van der Waals surface area contributed by atoms with Crippen LogP contribution >= 0.6 is 11.5 Å². The molecule has 2 aromatic carbocycles. The van der Waals surface area contributed by atoms with Crippen LogP contribution in [0.2, 0.25) is 0 Å². The molecule has 0 aliphatic carbocycles. The zero-order valence-corrected chi connectivity index (χ0v) is 18.5. The number of hydrogen-bond acceptors (Lipinski definition) is 5. The summed E-state index contributed by atoms with van der Waals surface area (Å²) in [6.07, 6.45) is 7.39. The molecule has 0 aliphatic heterocycles. The number of pyridine rings is 2. The Morgan fingerprint density at radius 3 is 2.48 bits per heavy atom. The number of nitrogens with zero attached hydrogens (tertiary/aromatic N) is 4. The van der Waals surface area contributed by atoms with Gasteiger partial charge in [0.05, 0.1) is 23.4 Å². The zero-order chi connectivity index (χ0) is 21.6. The summed E-state index contributed by atoms with van der Waals surface area (Å²) in [5.41, 5.74) is 5.93. The van der Waals surface area contributed by atoms with Crippen LogP contribution in [0.15, 0.2) is 79.4 Å². The normalized spacial score (nSPS) is 10.4. The first-order valence-corrected chi connectivity index (χ1v) is 10.7. The number of rotatable bonds is 0. The van der Waals surface area contributed by atoms with Gasteiger partial charge in [0.1, 0.15) is 4.83 Å².